The number of hydrogen-bond acceptors (Lipinski definition) is 3. The van der Waals surface area contributed by atoms with Crippen molar-refractivity contribution in [3.8, 4) is 0 Å². The van der Waals surface area contributed by atoms with Crippen molar-refractivity contribution < 1.29 is 9.59 Å². The zero-order valence-electron chi connectivity index (χ0n) is 9.76. The summed E-state index contributed by atoms with van der Waals surface area (Å²) in [6.07, 6.45) is 3.01. The number of carbonyl (C=O) groups excluding carboxylic acids is 2. The van der Waals surface area contributed by atoms with E-state index in [1.807, 2.05) is 0 Å². The van der Waals surface area contributed by atoms with Gasteiger partial charge in [-0.25, -0.2) is 4.98 Å². The Balaban J connectivity index is 2.10. The maximum absolute atomic E-state index is 11.9. The molecule has 2 rings (SSSR count). The Bertz CT molecular complexity index is 587. The summed E-state index contributed by atoms with van der Waals surface area (Å²) in [6, 6.07) is 6.47. The Hall–Kier alpha value is -1.94. The number of aromatic nitrogens is 2. The molecule has 0 saturated heterocycles. The van der Waals surface area contributed by atoms with Gasteiger partial charge in [0.25, 0.3) is 0 Å². The highest BCUT2D eigenvalue weighted by Gasteiger charge is 2.16. The zero-order chi connectivity index (χ0) is 13.1. The van der Waals surface area contributed by atoms with Gasteiger partial charge in [0.15, 0.2) is 11.6 Å². The van der Waals surface area contributed by atoms with Crippen LogP contribution in [0.4, 0.5) is 0 Å². The number of hydrogen-bond donors (Lipinski definition) is 0. The van der Waals surface area contributed by atoms with Crippen molar-refractivity contribution >= 4 is 23.2 Å². The van der Waals surface area contributed by atoms with Gasteiger partial charge in [0, 0.05) is 30.0 Å². The molecule has 18 heavy (non-hydrogen) atoms. The van der Waals surface area contributed by atoms with E-state index in [9.17, 15) is 9.59 Å². The Morgan fingerprint density at radius 2 is 1.89 bits per heavy atom. The maximum atomic E-state index is 11.9. The third kappa shape index (κ3) is 2.65. The molecule has 0 bridgehead atoms. The van der Waals surface area contributed by atoms with Crippen LogP contribution in [0.1, 0.15) is 27.4 Å². The van der Waals surface area contributed by atoms with Crippen LogP contribution in [0.5, 0.6) is 0 Å². The summed E-state index contributed by atoms with van der Waals surface area (Å²) in [5, 5.41) is 0.557. The van der Waals surface area contributed by atoms with Crippen molar-refractivity contribution in [2.24, 2.45) is 7.05 Å². The number of ketones is 2. The fourth-order valence-electron chi connectivity index (χ4n) is 1.60. The molecule has 0 fully saturated rings. The summed E-state index contributed by atoms with van der Waals surface area (Å²) >= 11 is 5.73. The van der Waals surface area contributed by atoms with Crippen LogP contribution in [0.3, 0.4) is 0 Å². The number of aryl methyl sites for hydroxylation is 1. The summed E-state index contributed by atoms with van der Waals surface area (Å²) in [5.41, 5.74) is 0.474. The second kappa shape index (κ2) is 5.14. The van der Waals surface area contributed by atoms with Crippen LogP contribution in [-0.2, 0) is 7.05 Å². The van der Waals surface area contributed by atoms with Crippen molar-refractivity contribution in [3.63, 3.8) is 0 Å². The van der Waals surface area contributed by atoms with Crippen molar-refractivity contribution in [2.75, 3.05) is 0 Å². The van der Waals surface area contributed by atoms with Crippen LogP contribution in [-0.4, -0.2) is 21.1 Å². The SMILES string of the molecule is Cn1ccnc1C(=O)CC(=O)c1ccc(Cl)cc1. The number of rotatable bonds is 4. The van der Waals surface area contributed by atoms with Gasteiger partial charge >= 0.3 is 0 Å². The van der Waals surface area contributed by atoms with Crippen LogP contribution in [0, 0.1) is 0 Å². The van der Waals surface area contributed by atoms with Crippen LogP contribution < -0.4 is 0 Å². The van der Waals surface area contributed by atoms with Crippen molar-refractivity contribution in [1.29, 1.82) is 0 Å². The van der Waals surface area contributed by atoms with Crippen LogP contribution in [0.15, 0.2) is 36.7 Å². The van der Waals surface area contributed by atoms with Gasteiger partial charge < -0.3 is 4.57 Å². The first-order valence-corrected chi connectivity index (χ1v) is 5.75. The molecule has 0 atom stereocenters. The third-order valence-corrected chi connectivity index (χ3v) is 2.81. The lowest BCUT2D eigenvalue weighted by Gasteiger charge is -2.01. The lowest BCUT2D eigenvalue weighted by atomic mass is 10.1. The van der Waals surface area contributed by atoms with Crippen LogP contribution in [0.2, 0.25) is 5.02 Å². The molecule has 1 aromatic carbocycles. The minimum absolute atomic E-state index is 0.188. The number of nitrogens with zero attached hydrogens (tertiary/aromatic N) is 2. The first-order chi connectivity index (χ1) is 8.58. The lowest BCUT2D eigenvalue weighted by Crippen LogP contribution is -2.12. The highest BCUT2D eigenvalue weighted by Crippen LogP contribution is 2.12. The topological polar surface area (TPSA) is 52.0 Å². The molecule has 0 spiro atoms. The molecule has 0 radical (unpaired) electrons. The van der Waals surface area contributed by atoms with E-state index < -0.39 is 0 Å². The van der Waals surface area contributed by atoms with Crippen molar-refractivity contribution in [3.05, 3.63) is 53.1 Å². The number of halogens is 1. The first-order valence-electron chi connectivity index (χ1n) is 5.37. The average molecular weight is 263 g/mol. The molecular formula is C13H11ClN2O2. The van der Waals surface area contributed by atoms with E-state index in [1.54, 1.807) is 42.1 Å². The minimum atomic E-state index is -0.289. The molecule has 0 aliphatic rings. The summed E-state index contributed by atoms with van der Waals surface area (Å²) < 4.78 is 1.59. The minimum Gasteiger partial charge on any atom is -0.332 e. The van der Waals surface area contributed by atoms with Crippen LogP contribution >= 0.6 is 11.6 Å². The zero-order valence-corrected chi connectivity index (χ0v) is 10.5. The summed E-state index contributed by atoms with van der Waals surface area (Å²) in [4.78, 5) is 27.6. The molecule has 0 aliphatic carbocycles. The van der Waals surface area contributed by atoms with Gasteiger partial charge in [0.05, 0.1) is 6.42 Å². The first kappa shape index (κ1) is 12.5. The number of Topliss-reactive ketones (excluding diaryl/α,β-unsaturated/α-hetero) is 2. The molecule has 4 nitrogen and oxygen atoms in total. The molecule has 0 N–H and O–H groups in total. The van der Waals surface area contributed by atoms with E-state index in [0.29, 0.717) is 10.6 Å². The van der Waals surface area contributed by atoms with E-state index in [1.165, 1.54) is 6.20 Å². The predicted molar refractivity (Wildman–Crippen MR) is 67.9 cm³/mol. The van der Waals surface area contributed by atoms with Gasteiger partial charge in [0.1, 0.15) is 0 Å². The monoisotopic (exact) mass is 262 g/mol. The maximum Gasteiger partial charge on any atom is 0.205 e. The van der Waals surface area contributed by atoms with Gasteiger partial charge in [-0.2, -0.15) is 0 Å². The van der Waals surface area contributed by atoms with Gasteiger partial charge in [-0.3, -0.25) is 9.59 Å². The molecule has 1 heterocycles. The van der Waals surface area contributed by atoms with E-state index >= 15 is 0 Å². The Morgan fingerprint density at radius 1 is 1.22 bits per heavy atom. The molecule has 0 saturated carbocycles. The van der Waals surface area contributed by atoms with E-state index in [4.69, 9.17) is 11.6 Å². The number of benzene rings is 1. The fourth-order valence-corrected chi connectivity index (χ4v) is 1.72. The molecular weight excluding hydrogens is 252 g/mol. The Kier molecular flexibility index (Phi) is 3.58. The molecule has 0 amide bonds. The molecule has 0 aliphatic heterocycles. The van der Waals surface area contributed by atoms with Crippen molar-refractivity contribution in [2.45, 2.75) is 6.42 Å². The number of carbonyl (C=O) groups is 2. The predicted octanol–water partition coefficient (Wildman–Crippen LogP) is 2.53. The normalized spacial score (nSPS) is 10.3. The second-order valence-corrected chi connectivity index (χ2v) is 4.33. The fraction of sp³-hybridized carbons (Fsp3) is 0.154. The van der Waals surface area contributed by atoms with Crippen molar-refractivity contribution in [1.82, 2.24) is 9.55 Å². The lowest BCUT2D eigenvalue weighted by molar-refractivity contribution is 0.0886. The summed E-state index contributed by atoms with van der Waals surface area (Å²) in [5.74, 6) is -0.237. The molecule has 5 heteroatoms. The summed E-state index contributed by atoms with van der Waals surface area (Å²) in [7, 11) is 1.72. The number of imidazole rings is 1. The standard InChI is InChI=1S/C13H11ClN2O2/c1-16-7-6-15-13(16)12(18)8-11(17)9-2-4-10(14)5-3-9/h2-7H,8H2,1H3. The van der Waals surface area contributed by atoms with Gasteiger partial charge in [-0.05, 0) is 24.3 Å². The highest BCUT2D eigenvalue weighted by atomic mass is 35.5. The van der Waals surface area contributed by atoms with E-state index in [-0.39, 0.29) is 23.8 Å². The Morgan fingerprint density at radius 3 is 2.44 bits per heavy atom. The molecule has 1 aromatic heterocycles. The smallest absolute Gasteiger partial charge is 0.205 e. The highest BCUT2D eigenvalue weighted by molar-refractivity contribution is 6.30. The largest absolute Gasteiger partial charge is 0.332 e. The van der Waals surface area contributed by atoms with Crippen LogP contribution in [0.25, 0.3) is 0 Å². The summed E-state index contributed by atoms with van der Waals surface area (Å²) in [6.45, 7) is 0. The molecule has 2 aromatic rings. The van der Waals surface area contributed by atoms with E-state index in [0.717, 1.165) is 0 Å². The van der Waals surface area contributed by atoms with E-state index in [2.05, 4.69) is 4.98 Å². The van der Waals surface area contributed by atoms with Gasteiger partial charge in [-0.1, -0.05) is 11.6 Å². The second-order valence-electron chi connectivity index (χ2n) is 3.89. The molecule has 92 valence electrons. The molecule has 0 unspecified atom stereocenters. The van der Waals surface area contributed by atoms with Gasteiger partial charge in [-0.15, -0.1) is 0 Å². The van der Waals surface area contributed by atoms with Gasteiger partial charge in [0.2, 0.25) is 5.78 Å². The Labute approximate surface area is 109 Å². The third-order valence-electron chi connectivity index (χ3n) is 2.56. The quantitative estimate of drug-likeness (QED) is 0.628. The average Bonchev–Trinajstić information content (AvgIpc) is 2.76.